The number of carbonyl (C=O) groups is 2. The van der Waals surface area contributed by atoms with Crippen LogP contribution in [0.1, 0.15) is 24.8 Å². The lowest BCUT2D eigenvalue weighted by Gasteiger charge is -2.11. The van der Waals surface area contributed by atoms with Gasteiger partial charge in [-0.2, -0.15) is 0 Å². The molecule has 2 amide bonds. The van der Waals surface area contributed by atoms with E-state index in [1.807, 2.05) is 18.2 Å². The first-order valence-electron chi connectivity index (χ1n) is 5.60. The Bertz CT molecular complexity index is 386. The number of hydrogen-bond donors (Lipinski definition) is 1. The molecule has 1 aromatic carbocycles. The number of hydrogen-bond acceptors (Lipinski definition) is 2. The molecule has 0 radical (unpaired) electrons. The lowest BCUT2D eigenvalue weighted by Crippen LogP contribution is -2.27. The van der Waals surface area contributed by atoms with E-state index in [0.29, 0.717) is 12.8 Å². The second-order valence-corrected chi connectivity index (χ2v) is 4.27. The second kappa shape index (κ2) is 4.92. The molecule has 1 atom stereocenters. The molecule has 1 aromatic rings. The monoisotopic (exact) mass is 217 g/mol. The standard InChI is InChI=1S/C13H15NO2/c15-12-7-6-11(9-13(16)14-12)8-10-4-2-1-3-5-10/h1-5,11H,6-9H2,(H,14,15,16). The maximum absolute atomic E-state index is 11.4. The summed E-state index contributed by atoms with van der Waals surface area (Å²) in [4.78, 5) is 22.5. The van der Waals surface area contributed by atoms with Crippen molar-refractivity contribution in [2.45, 2.75) is 25.7 Å². The van der Waals surface area contributed by atoms with Crippen LogP contribution in [0.25, 0.3) is 0 Å². The van der Waals surface area contributed by atoms with Gasteiger partial charge in [-0.15, -0.1) is 0 Å². The number of amides is 2. The molecular formula is C13H15NO2. The van der Waals surface area contributed by atoms with E-state index in [-0.39, 0.29) is 17.7 Å². The average molecular weight is 217 g/mol. The van der Waals surface area contributed by atoms with Crippen molar-refractivity contribution >= 4 is 11.8 Å². The topological polar surface area (TPSA) is 46.2 Å². The van der Waals surface area contributed by atoms with Gasteiger partial charge < -0.3 is 0 Å². The maximum Gasteiger partial charge on any atom is 0.226 e. The minimum atomic E-state index is -0.138. The third kappa shape index (κ3) is 2.92. The molecule has 1 heterocycles. The van der Waals surface area contributed by atoms with Crippen LogP contribution < -0.4 is 5.32 Å². The zero-order valence-corrected chi connectivity index (χ0v) is 9.11. The lowest BCUT2D eigenvalue weighted by atomic mass is 9.92. The molecule has 16 heavy (non-hydrogen) atoms. The summed E-state index contributed by atoms with van der Waals surface area (Å²) in [6.07, 6.45) is 2.60. The van der Waals surface area contributed by atoms with Crippen molar-refractivity contribution in [1.29, 1.82) is 0 Å². The fraction of sp³-hybridized carbons (Fsp3) is 0.385. The van der Waals surface area contributed by atoms with E-state index in [1.54, 1.807) is 0 Å². The number of rotatable bonds is 2. The van der Waals surface area contributed by atoms with Gasteiger partial charge in [0, 0.05) is 12.8 Å². The quantitative estimate of drug-likeness (QED) is 0.766. The van der Waals surface area contributed by atoms with Gasteiger partial charge in [0.05, 0.1) is 0 Å². The largest absolute Gasteiger partial charge is 0.296 e. The fourth-order valence-electron chi connectivity index (χ4n) is 2.09. The number of nitrogens with one attached hydrogen (secondary N) is 1. The Hall–Kier alpha value is -1.64. The van der Waals surface area contributed by atoms with Gasteiger partial charge in [0.15, 0.2) is 0 Å². The van der Waals surface area contributed by atoms with Gasteiger partial charge in [-0.05, 0) is 24.3 Å². The first kappa shape index (κ1) is 10.9. The summed E-state index contributed by atoms with van der Waals surface area (Å²) in [6.45, 7) is 0. The van der Waals surface area contributed by atoms with Crippen LogP contribution in [0.15, 0.2) is 30.3 Å². The smallest absolute Gasteiger partial charge is 0.226 e. The van der Waals surface area contributed by atoms with E-state index in [9.17, 15) is 9.59 Å². The van der Waals surface area contributed by atoms with Crippen molar-refractivity contribution in [2.75, 3.05) is 0 Å². The summed E-state index contributed by atoms with van der Waals surface area (Å²) in [5.74, 6) is 0.0119. The summed E-state index contributed by atoms with van der Waals surface area (Å²) in [5.41, 5.74) is 1.23. The molecule has 3 heteroatoms. The Morgan fingerprint density at radius 1 is 1.12 bits per heavy atom. The van der Waals surface area contributed by atoms with Gasteiger partial charge in [-0.1, -0.05) is 30.3 Å². The van der Waals surface area contributed by atoms with Crippen molar-refractivity contribution in [3.8, 4) is 0 Å². The molecule has 0 saturated carbocycles. The maximum atomic E-state index is 11.4. The molecule has 84 valence electrons. The van der Waals surface area contributed by atoms with Crippen LogP contribution in [0.5, 0.6) is 0 Å². The molecule has 1 unspecified atom stereocenters. The van der Waals surface area contributed by atoms with Crippen molar-refractivity contribution in [3.63, 3.8) is 0 Å². The van der Waals surface area contributed by atoms with E-state index in [1.165, 1.54) is 5.56 Å². The first-order valence-corrected chi connectivity index (χ1v) is 5.60. The van der Waals surface area contributed by atoms with Crippen LogP contribution in [-0.4, -0.2) is 11.8 Å². The third-order valence-corrected chi connectivity index (χ3v) is 2.90. The zero-order chi connectivity index (χ0) is 11.4. The number of imide groups is 1. The van der Waals surface area contributed by atoms with Crippen molar-refractivity contribution in [2.24, 2.45) is 5.92 Å². The minimum Gasteiger partial charge on any atom is -0.296 e. The molecule has 3 nitrogen and oxygen atoms in total. The Labute approximate surface area is 94.9 Å². The van der Waals surface area contributed by atoms with Crippen LogP contribution in [-0.2, 0) is 16.0 Å². The molecule has 1 fully saturated rings. The van der Waals surface area contributed by atoms with Gasteiger partial charge in [0.1, 0.15) is 0 Å². The van der Waals surface area contributed by atoms with Crippen LogP contribution in [0.2, 0.25) is 0 Å². The highest BCUT2D eigenvalue weighted by Crippen LogP contribution is 2.19. The van der Waals surface area contributed by atoms with Crippen LogP contribution in [0, 0.1) is 5.92 Å². The van der Waals surface area contributed by atoms with E-state index >= 15 is 0 Å². The molecule has 0 aromatic heterocycles. The molecule has 1 aliphatic rings. The summed E-state index contributed by atoms with van der Waals surface area (Å²) < 4.78 is 0. The molecule has 0 aliphatic carbocycles. The fourth-order valence-corrected chi connectivity index (χ4v) is 2.09. The van der Waals surface area contributed by atoms with E-state index < -0.39 is 0 Å². The predicted molar refractivity (Wildman–Crippen MR) is 60.6 cm³/mol. The van der Waals surface area contributed by atoms with Crippen LogP contribution >= 0.6 is 0 Å². The molecule has 1 aliphatic heterocycles. The molecule has 0 spiro atoms. The van der Waals surface area contributed by atoms with Crippen molar-refractivity contribution < 1.29 is 9.59 Å². The number of benzene rings is 1. The molecule has 1 N–H and O–H groups in total. The van der Waals surface area contributed by atoms with E-state index in [2.05, 4.69) is 17.4 Å². The van der Waals surface area contributed by atoms with E-state index in [0.717, 1.165) is 12.8 Å². The van der Waals surface area contributed by atoms with Gasteiger partial charge in [-0.3, -0.25) is 14.9 Å². The Balaban J connectivity index is 1.99. The minimum absolute atomic E-state index is 0.136. The molecule has 0 bridgehead atoms. The van der Waals surface area contributed by atoms with E-state index in [4.69, 9.17) is 0 Å². The van der Waals surface area contributed by atoms with Crippen LogP contribution in [0.4, 0.5) is 0 Å². The summed E-state index contributed by atoms with van der Waals surface area (Å²) in [5, 5.41) is 2.38. The normalized spacial score (nSPS) is 21.4. The van der Waals surface area contributed by atoms with Crippen molar-refractivity contribution in [3.05, 3.63) is 35.9 Å². The van der Waals surface area contributed by atoms with Crippen LogP contribution in [0.3, 0.4) is 0 Å². The molecule has 2 rings (SSSR count). The number of carbonyl (C=O) groups excluding carboxylic acids is 2. The van der Waals surface area contributed by atoms with Gasteiger partial charge in [-0.25, -0.2) is 0 Å². The Morgan fingerprint density at radius 3 is 2.62 bits per heavy atom. The predicted octanol–water partition coefficient (Wildman–Crippen LogP) is 1.67. The summed E-state index contributed by atoms with van der Waals surface area (Å²) in [6, 6.07) is 10.1. The summed E-state index contributed by atoms with van der Waals surface area (Å²) >= 11 is 0. The highest BCUT2D eigenvalue weighted by atomic mass is 16.2. The zero-order valence-electron chi connectivity index (χ0n) is 9.11. The van der Waals surface area contributed by atoms with Gasteiger partial charge >= 0.3 is 0 Å². The lowest BCUT2D eigenvalue weighted by molar-refractivity contribution is -0.129. The second-order valence-electron chi connectivity index (χ2n) is 4.27. The van der Waals surface area contributed by atoms with Gasteiger partial charge in [0.2, 0.25) is 11.8 Å². The summed E-state index contributed by atoms with van der Waals surface area (Å²) in [7, 11) is 0. The Kier molecular flexibility index (Phi) is 3.34. The highest BCUT2D eigenvalue weighted by Gasteiger charge is 2.21. The average Bonchev–Trinajstić information content (AvgIpc) is 2.41. The first-order chi connectivity index (χ1) is 7.74. The molecular weight excluding hydrogens is 202 g/mol. The van der Waals surface area contributed by atoms with Gasteiger partial charge in [0.25, 0.3) is 0 Å². The van der Waals surface area contributed by atoms with Crippen molar-refractivity contribution in [1.82, 2.24) is 5.32 Å². The molecule has 1 saturated heterocycles. The SMILES string of the molecule is O=C1CCC(Cc2ccccc2)CC(=O)N1. The third-order valence-electron chi connectivity index (χ3n) is 2.90. The Morgan fingerprint density at radius 2 is 1.88 bits per heavy atom. The highest BCUT2D eigenvalue weighted by molar-refractivity contribution is 5.95.